The molecule has 1 aromatic carbocycles. The van der Waals surface area contributed by atoms with E-state index in [1.54, 1.807) is 12.1 Å². The minimum absolute atomic E-state index is 0.0799. The van der Waals surface area contributed by atoms with Crippen LogP contribution >= 0.6 is 15.9 Å². The van der Waals surface area contributed by atoms with Gasteiger partial charge in [-0.25, -0.2) is 8.42 Å². The van der Waals surface area contributed by atoms with Gasteiger partial charge in [0.15, 0.2) is 15.6 Å². The van der Waals surface area contributed by atoms with Crippen LogP contribution in [0, 0.1) is 0 Å². The van der Waals surface area contributed by atoms with Crippen LogP contribution in [0.4, 0.5) is 0 Å². The number of halogens is 1. The number of aromatic nitrogens is 1. The smallest absolute Gasteiger partial charge is 0.177 e. The molecule has 0 amide bonds. The summed E-state index contributed by atoms with van der Waals surface area (Å²) in [7, 11) is -3.40. The van der Waals surface area contributed by atoms with Crippen LogP contribution < -0.4 is 0 Å². The van der Waals surface area contributed by atoms with Crippen LogP contribution in [-0.2, 0) is 15.3 Å². The third-order valence-corrected chi connectivity index (χ3v) is 4.92. The number of carbonyl (C=O) groups is 1. The molecular weight excluding hydrogens is 354 g/mol. The lowest BCUT2D eigenvalue weighted by Gasteiger charge is -2.18. The lowest BCUT2D eigenvalue weighted by Crippen LogP contribution is -2.15. The number of Topliss-reactive ketones (excluding diaryl/α,β-unsaturated/α-hetero) is 1. The number of H-pyrrole nitrogens is 1. The minimum Gasteiger partial charge on any atom is -0.356 e. The van der Waals surface area contributed by atoms with Gasteiger partial charge in [0.2, 0.25) is 0 Å². The number of ketones is 1. The zero-order valence-corrected chi connectivity index (χ0v) is 15.1. The predicted octanol–water partition coefficient (Wildman–Crippen LogP) is 3.83. The summed E-state index contributed by atoms with van der Waals surface area (Å²) >= 11 is 3.33. The molecule has 0 aliphatic rings. The highest BCUT2D eigenvalue weighted by atomic mass is 79.9. The first-order chi connectivity index (χ1) is 9.43. The van der Waals surface area contributed by atoms with Crippen molar-refractivity contribution in [3.05, 3.63) is 27.9 Å². The first-order valence-electron chi connectivity index (χ1n) is 6.49. The number of fused-ring (bicyclic) bond motifs is 1. The van der Waals surface area contributed by atoms with Crippen molar-refractivity contribution < 1.29 is 13.2 Å². The molecule has 0 fully saturated rings. The summed E-state index contributed by atoms with van der Waals surface area (Å²) in [6.45, 7) is 7.46. The number of aromatic amines is 1. The summed E-state index contributed by atoms with van der Waals surface area (Å²) in [5, 5.41) is 0.641. The van der Waals surface area contributed by atoms with Crippen molar-refractivity contribution in [3.63, 3.8) is 0 Å². The molecule has 0 aliphatic heterocycles. The van der Waals surface area contributed by atoms with Crippen LogP contribution in [0.3, 0.4) is 0 Å². The molecule has 0 aliphatic carbocycles. The van der Waals surface area contributed by atoms with Crippen molar-refractivity contribution >= 4 is 42.5 Å². The van der Waals surface area contributed by atoms with Gasteiger partial charge in [-0.1, -0.05) is 36.7 Å². The molecule has 0 saturated carbocycles. The van der Waals surface area contributed by atoms with Gasteiger partial charge in [-0.2, -0.15) is 0 Å². The SMILES string of the molecule is CC(=O)c1c(C(C)(C)C)[nH]c2c(S(C)(=O)=O)cc(Br)cc12. The van der Waals surface area contributed by atoms with Gasteiger partial charge in [0, 0.05) is 32.8 Å². The number of benzene rings is 1. The van der Waals surface area contributed by atoms with Crippen LogP contribution in [-0.4, -0.2) is 25.4 Å². The van der Waals surface area contributed by atoms with Gasteiger partial charge >= 0.3 is 0 Å². The van der Waals surface area contributed by atoms with Crippen LogP contribution in [0.1, 0.15) is 43.7 Å². The normalized spacial score (nSPS) is 12.9. The molecular formula is C15H18BrNO3S. The Morgan fingerprint density at radius 2 is 1.81 bits per heavy atom. The van der Waals surface area contributed by atoms with Gasteiger partial charge in [0.25, 0.3) is 0 Å². The molecule has 0 unspecified atom stereocenters. The molecule has 0 atom stereocenters. The second kappa shape index (κ2) is 4.95. The Hall–Kier alpha value is -1.14. The molecule has 21 heavy (non-hydrogen) atoms. The monoisotopic (exact) mass is 371 g/mol. The average Bonchev–Trinajstić information content (AvgIpc) is 2.64. The van der Waals surface area contributed by atoms with E-state index >= 15 is 0 Å². The molecule has 0 bridgehead atoms. The van der Waals surface area contributed by atoms with Crippen LogP contribution in [0.2, 0.25) is 0 Å². The number of carbonyl (C=O) groups excluding carboxylic acids is 1. The lowest BCUT2D eigenvalue weighted by molar-refractivity contribution is 0.101. The van der Waals surface area contributed by atoms with Crippen molar-refractivity contribution in [1.82, 2.24) is 4.98 Å². The van der Waals surface area contributed by atoms with E-state index in [0.717, 1.165) is 5.69 Å². The largest absolute Gasteiger partial charge is 0.356 e. The summed E-state index contributed by atoms with van der Waals surface area (Å²) in [6, 6.07) is 3.34. The summed E-state index contributed by atoms with van der Waals surface area (Å²) in [5.41, 5.74) is 1.52. The molecule has 1 heterocycles. The molecule has 1 aromatic heterocycles. The van der Waals surface area contributed by atoms with Gasteiger partial charge in [0.1, 0.15) is 0 Å². The number of rotatable bonds is 2. The van der Waals surface area contributed by atoms with Gasteiger partial charge in [-0.05, 0) is 19.1 Å². The average molecular weight is 372 g/mol. The standard InChI is InChI=1S/C15H18BrNO3S/c1-8(18)12-10-6-9(16)7-11(21(5,19)20)13(10)17-14(12)15(2,3)4/h6-7,17H,1-5H3. The van der Waals surface area contributed by atoms with E-state index < -0.39 is 9.84 Å². The second-order valence-corrected chi connectivity index (χ2v) is 9.18. The van der Waals surface area contributed by atoms with Crippen LogP contribution in [0.5, 0.6) is 0 Å². The van der Waals surface area contributed by atoms with E-state index in [2.05, 4.69) is 20.9 Å². The molecule has 0 saturated heterocycles. The Morgan fingerprint density at radius 1 is 1.24 bits per heavy atom. The fourth-order valence-electron chi connectivity index (χ4n) is 2.45. The topological polar surface area (TPSA) is 67.0 Å². The van der Waals surface area contributed by atoms with Crippen molar-refractivity contribution in [2.75, 3.05) is 6.26 Å². The van der Waals surface area contributed by atoms with E-state index in [1.807, 2.05) is 20.8 Å². The second-order valence-electron chi connectivity index (χ2n) is 6.28. The molecule has 6 heteroatoms. The molecule has 1 N–H and O–H groups in total. The lowest BCUT2D eigenvalue weighted by atomic mass is 9.88. The van der Waals surface area contributed by atoms with Gasteiger partial charge < -0.3 is 4.98 Å². The summed E-state index contributed by atoms with van der Waals surface area (Å²) < 4.78 is 24.7. The van der Waals surface area contributed by atoms with Crippen molar-refractivity contribution in [2.24, 2.45) is 0 Å². The maximum atomic E-state index is 12.1. The maximum absolute atomic E-state index is 12.1. The molecule has 2 aromatic rings. The van der Waals surface area contributed by atoms with Gasteiger partial charge in [-0.3, -0.25) is 4.79 Å². The summed E-state index contributed by atoms with van der Waals surface area (Å²) in [6.07, 6.45) is 1.17. The van der Waals surface area contributed by atoms with Crippen molar-refractivity contribution in [3.8, 4) is 0 Å². The highest BCUT2D eigenvalue weighted by molar-refractivity contribution is 9.10. The zero-order valence-electron chi connectivity index (χ0n) is 12.7. The Morgan fingerprint density at radius 3 is 2.24 bits per heavy atom. The van der Waals surface area contributed by atoms with E-state index in [0.29, 0.717) is 20.9 Å². The number of hydrogen-bond donors (Lipinski definition) is 1. The zero-order chi connectivity index (χ0) is 16.2. The molecule has 0 spiro atoms. The van der Waals surface area contributed by atoms with E-state index in [1.165, 1.54) is 13.2 Å². The highest BCUT2D eigenvalue weighted by Crippen LogP contribution is 2.36. The maximum Gasteiger partial charge on any atom is 0.177 e. The Balaban J connectivity index is 3.05. The number of sulfone groups is 1. The fourth-order valence-corrected chi connectivity index (χ4v) is 3.93. The first kappa shape index (κ1) is 16.2. The number of nitrogens with one attached hydrogen (secondary N) is 1. The minimum atomic E-state index is -3.40. The third kappa shape index (κ3) is 2.92. The Labute approximate surface area is 133 Å². The van der Waals surface area contributed by atoms with Gasteiger partial charge in [-0.15, -0.1) is 0 Å². The van der Waals surface area contributed by atoms with Gasteiger partial charge in [0.05, 0.1) is 10.4 Å². The number of hydrogen-bond acceptors (Lipinski definition) is 3. The van der Waals surface area contributed by atoms with Crippen LogP contribution in [0.15, 0.2) is 21.5 Å². The molecule has 0 radical (unpaired) electrons. The van der Waals surface area contributed by atoms with Crippen molar-refractivity contribution in [2.45, 2.75) is 38.0 Å². The van der Waals surface area contributed by atoms with Crippen LogP contribution in [0.25, 0.3) is 10.9 Å². The summed E-state index contributed by atoms with van der Waals surface area (Å²) in [4.78, 5) is 15.4. The van der Waals surface area contributed by atoms with Crippen molar-refractivity contribution in [1.29, 1.82) is 0 Å². The quantitative estimate of drug-likeness (QED) is 0.815. The first-order valence-corrected chi connectivity index (χ1v) is 9.18. The highest BCUT2D eigenvalue weighted by Gasteiger charge is 2.27. The fraction of sp³-hybridized carbons (Fsp3) is 0.400. The molecule has 4 nitrogen and oxygen atoms in total. The Kier molecular flexibility index (Phi) is 3.83. The Bertz CT molecular complexity index is 842. The molecule has 2 rings (SSSR count). The van der Waals surface area contributed by atoms with E-state index in [4.69, 9.17) is 0 Å². The van der Waals surface area contributed by atoms with E-state index in [-0.39, 0.29) is 16.1 Å². The molecule has 114 valence electrons. The summed E-state index contributed by atoms with van der Waals surface area (Å²) in [5.74, 6) is -0.0799. The van der Waals surface area contributed by atoms with E-state index in [9.17, 15) is 13.2 Å². The third-order valence-electron chi connectivity index (χ3n) is 3.34. The predicted molar refractivity (Wildman–Crippen MR) is 87.8 cm³/mol.